The van der Waals surface area contributed by atoms with Crippen molar-refractivity contribution in [1.82, 2.24) is 15.5 Å². The van der Waals surface area contributed by atoms with E-state index in [0.717, 1.165) is 25.7 Å². The molecule has 0 aromatic carbocycles. The van der Waals surface area contributed by atoms with Crippen LogP contribution in [-0.2, 0) is 14.3 Å². The van der Waals surface area contributed by atoms with Crippen LogP contribution in [-0.4, -0.2) is 66.3 Å². The van der Waals surface area contributed by atoms with Gasteiger partial charge in [-0.3, -0.25) is 19.8 Å². The second kappa shape index (κ2) is 7.37. The number of morpholine rings is 1. The Kier molecular flexibility index (Phi) is 5.51. The van der Waals surface area contributed by atoms with Crippen molar-refractivity contribution < 1.29 is 24.2 Å². The normalized spacial score (nSPS) is 23.7. The molecule has 1 saturated heterocycles. The molecule has 2 rings (SSSR count). The molecular formula is C13H21N3O5. The number of carbonyl (C=O) groups is 3. The molecule has 118 valence electrons. The summed E-state index contributed by atoms with van der Waals surface area (Å²) in [5.74, 6) is -1.53. The molecule has 1 unspecified atom stereocenters. The second-order valence-corrected chi connectivity index (χ2v) is 5.40. The van der Waals surface area contributed by atoms with Gasteiger partial charge in [-0.2, -0.15) is 0 Å². The maximum atomic E-state index is 11.8. The van der Waals surface area contributed by atoms with Gasteiger partial charge in [-0.05, 0) is 12.8 Å². The minimum absolute atomic E-state index is 0.0525. The number of aliphatic carboxylic acids is 1. The third kappa shape index (κ3) is 4.68. The Morgan fingerprint density at radius 2 is 1.95 bits per heavy atom. The molecule has 1 heterocycles. The van der Waals surface area contributed by atoms with Gasteiger partial charge in [0.05, 0.1) is 19.8 Å². The predicted octanol–water partition coefficient (Wildman–Crippen LogP) is -0.460. The summed E-state index contributed by atoms with van der Waals surface area (Å²) < 4.78 is 5.09. The van der Waals surface area contributed by atoms with Crippen molar-refractivity contribution in [3.05, 3.63) is 0 Å². The molecule has 8 heteroatoms. The van der Waals surface area contributed by atoms with Gasteiger partial charge in [-0.15, -0.1) is 0 Å². The summed E-state index contributed by atoms with van der Waals surface area (Å²) in [7, 11) is 0. The van der Waals surface area contributed by atoms with Gasteiger partial charge >= 0.3 is 12.0 Å². The first-order valence-electron chi connectivity index (χ1n) is 7.21. The molecule has 3 amide bonds. The highest BCUT2D eigenvalue weighted by Gasteiger charge is 2.30. The predicted molar refractivity (Wildman–Crippen MR) is 72.7 cm³/mol. The average Bonchev–Trinajstić information content (AvgIpc) is 2.91. The van der Waals surface area contributed by atoms with E-state index in [9.17, 15) is 14.4 Å². The first kappa shape index (κ1) is 15.7. The zero-order valence-corrected chi connectivity index (χ0v) is 11.8. The molecule has 1 atom stereocenters. The van der Waals surface area contributed by atoms with E-state index in [-0.39, 0.29) is 19.2 Å². The van der Waals surface area contributed by atoms with Crippen molar-refractivity contribution in [3.8, 4) is 0 Å². The van der Waals surface area contributed by atoms with Crippen molar-refractivity contribution in [3.63, 3.8) is 0 Å². The summed E-state index contributed by atoms with van der Waals surface area (Å²) >= 11 is 0. The zero-order chi connectivity index (χ0) is 15.2. The number of nitrogens with zero attached hydrogens (tertiary/aromatic N) is 1. The Bertz CT molecular complexity index is 409. The van der Waals surface area contributed by atoms with E-state index < -0.39 is 23.9 Å². The molecule has 2 aliphatic rings. The lowest BCUT2D eigenvalue weighted by molar-refractivity contribution is -0.150. The molecule has 3 N–H and O–H groups in total. The summed E-state index contributed by atoms with van der Waals surface area (Å²) in [5, 5.41) is 14.1. The highest BCUT2D eigenvalue weighted by atomic mass is 16.5. The van der Waals surface area contributed by atoms with Gasteiger partial charge in [0.25, 0.3) is 0 Å². The fourth-order valence-corrected chi connectivity index (χ4v) is 2.70. The number of hydrogen-bond donors (Lipinski definition) is 3. The Morgan fingerprint density at radius 3 is 2.62 bits per heavy atom. The van der Waals surface area contributed by atoms with Crippen LogP contribution in [0, 0.1) is 0 Å². The lowest BCUT2D eigenvalue weighted by Gasteiger charge is -2.31. The number of imide groups is 1. The molecule has 0 spiro atoms. The Morgan fingerprint density at radius 1 is 1.24 bits per heavy atom. The topological polar surface area (TPSA) is 108 Å². The quantitative estimate of drug-likeness (QED) is 0.648. The SMILES string of the molecule is O=C(CN1CCOCC1C(=O)O)NC(=O)NC1CCCC1. The van der Waals surface area contributed by atoms with Crippen molar-refractivity contribution in [2.24, 2.45) is 0 Å². The summed E-state index contributed by atoms with van der Waals surface area (Å²) in [6.45, 7) is 0.662. The zero-order valence-electron chi connectivity index (χ0n) is 11.8. The number of carboxylic acid groups (broad SMARTS) is 1. The highest BCUT2D eigenvalue weighted by Crippen LogP contribution is 2.17. The first-order chi connectivity index (χ1) is 10.1. The van der Waals surface area contributed by atoms with Crippen LogP contribution in [0.15, 0.2) is 0 Å². The van der Waals surface area contributed by atoms with Crippen LogP contribution in [0.5, 0.6) is 0 Å². The second-order valence-electron chi connectivity index (χ2n) is 5.40. The molecule has 2 fully saturated rings. The molecule has 0 radical (unpaired) electrons. The molecule has 21 heavy (non-hydrogen) atoms. The van der Waals surface area contributed by atoms with Gasteiger partial charge < -0.3 is 15.2 Å². The van der Waals surface area contributed by atoms with Gasteiger partial charge in [0.15, 0.2) is 0 Å². The number of carbonyl (C=O) groups excluding carboxylic acids is 2. The average molecular weight is 299 g/mol. The molecule has 0 bridgehead atoms. The number of carboxylic acids is 1. The third-order valence-electron chi connectivity index (χ3n) is 3.81. The number of urea groups is 1. The van der Waals surface area contributed by atoms with Crippen molar-refractivity contribution in [1.29, 1.82) is 0 Å². The van der Waals surface area contributed by atoms with E-state index in [2.05, 4.69) is 10.6 Å². The Labute approximate surface area is 122 Å². The van der Waals surface area contributed by atoms with Gasteiger partial charge in [-0.1, -0.05) is 12.8 Å². The number of amides is 3. The molecule has 1 aliphatic carbocycles. The number of hydrogen-bond acceptors (Lipinski definition) is 5. The van der Waals surface area contributed by atoms with E-state index in [1.807, 2.05) is 0 Å². The van der Waals surface area contributed by atoms with E-state index in [1.54, 1.807) is 0 Å². The molecule has 0 aromatic heterocycles. The van der Waals surface area contributed by atoms with E-state index in [4.69, 9.17) is 9.84 Å². The smallest absolute Gasteiger partial charge is 0.323 e. The van der Waals surface area contributed by atoms with E-state index in [0.29, 0.717) is 13.2 Å². The number of rotatable bonds is 4. The Hall–Kier alpha value is -1.67. The summed E-state index contributed by atoms with van der Waals surface area (Å²) in [6, 6.07) is -1.22. The Balaban J connectivity index is 1.77. The van der Waals surface area contributed by atoms with Crippen molar-refractivity contribution in [2.75, 3.05) is 26.3 Å². The van der Waals surface area contributed by atoms with E-state index in [1.165, 1.54) is 4.90 Å². The van der Waals surface area contributed by atoms with Crippen LogP contribution in [0.1, 0.15) is 25.7 Å². The van der Waals surface area contributed by atoms with E-state index >= 15 is 0 Å². The van der Waals surface area contributed by atoms with Gasteiger partial charge in [-0.25, -0.2) is 4.79 Å². The van der Waals surface area contributed by atoms with Crippen LogP contribution in [0.4, 0.5) is 4.79 Å². The lowest BCUT2D eigenvalue weighted by Crippen LogP contribution is -2.54. The van der Waals surface area contributed by atoms with Crippen LogP contribution in [0.25, 0.3) is 0 Å². The number of nitrogens with one attached hydrogen (secondary N) is 2. The first-order valence-corrected chi connectivity index (χ1v) is 7.21. The van der Waals surface area contributed by atoms with Crippen LogP contribution < -0.4 is 10.6 Å². The third-order valence-corrected chi connectivity index (χ3v) is 3.81. The van der Waals surface area contributed by atoms with Crippen molar-refractivity contribution >= 4 is 17.9 Å². The minimum atomic E-state index is -1.03. The molecule has 8 nitrogen and oxygen atoms in total. The minimum Gasteiger partial charge on any atom is -0.480 e. The van der Waals surface area contributed by atoms with Gasteiger partial charge in [0, 0.05) is 12.6 Å². The lowest BCUT2D eigenvalue weighted by atomic mass is 10.2. The summed E-state index contributed by atoms with van der Waals surface area (Å²) in [5.41, 5.74) is 0. The molecule has 1 aliphatic heterocycles. The summed E-state index contributed by atoms with van der Waals surface area (Å²) in [6.07, 6.45) is 4.05. The van der Waals surface area contributed by atoms with Crippen LogP contribution in [0.2, 0.25) is 0 Å². The molecular weight excluding hydrogens is 278 g/mol. The van der Waals surface area contributed by atoms with Crippen LogP contribution in [0.3, 0.4) is 0 Å². The van der Waals surface area contributed by atoms with Gasteiger partial charge in [0.1, 0.15) is 6.04 Å². The number of ether oxygens (including phenoxy) is 1. The largest absolute Gasteiger partial charge is 0.480 e. The molecule has 1 saturated carbocycles. The molecule has 0 aromatic rings. The standard InChI is InChI=1S/C13H21N3O5/c17-11(15-13(20)14-9-3-1-2-4-9)7-16-5-6-21-8-10(16)12(18)19/h9-10H,1-8H2,(H,18,19)(H2,14,15,17,20). The van der Waals surface area contributed by atoms with Crippen LogP contribution >= 0.6 is 0 Å². The van der Waals surface area contributed by atoms with Crippen molar-refractivity contribution in [2.45, 2.75) is 37.8 Å². The fourth-order valence-electron chi connectivity index (χ4n) is 2.70. The summed E-state index contributed by atoms with van der Waals surface area (Å²) in [4.78, 5) is 36.1. The fraction of sp³-hybridized carbons (Fsp3) is 0.769. The highest BCUT2D eigenvalue weighted by molar-refractivity contribution is 5.95. The van der Waals surface area contributed by atoms with Gasteiger partial charge in [0.2, 0.25) is 5.91 Å². The monoisotopic (exact) mass is 299 g/mol. The maximum absolute atomic E-state index is 11.8. The maximum Gasteiger partial charge on any atom is 0.323 e.